The fourth-order valence-electron chi connectivity index (χ4n) is 1.96. The summed E-state index contributed by atoms with van der Waals surface area (Å²) >= 11 is 11.9. The number of amides is 1. The van der Waals surface area contributed by atoms with Gasteiger partial charge in [-0.15, -0.1) is 0 Å². The minimum atomic E-state index is -0.303. The zero-order valence-electron chi connectivity index (χ0n) is 10.3. The Morgan fingerprint density at radius 3 is 2.47 bits per heavy atom. The smallest absolute Gasteiger partial charge is 0.260 e. The van der Waals surface area contributed by atoms with E-state index in [4.69, 9.17) is 27.9 Å². The number of para-hydroxylation sites is 1. The number of nitrogens with zero attached hydrogens (tertiary/aromatic N) is 1. The van der Waals surface area contributed by atoms with Gasteiger partial charge in [0.2, 0.25) is 0 Å². The van der Waals surface area contributed by atoms with Crippen LogP contribution in [-0.4, -0.2) is 41.7 Å². The number of halogens is 2. The summed E-state index contributed by atoms with van der Waals surface area (Å²) in [5.74, 6) is 0.208. The lowest BCUT2D eigenvalue weighted by Gasteiger charge is -2.29. The summed E-state index contributed by atoms with van der Waals surface area (Å²) in [4.78, 5) is 13.6. The van der Waals surface area contributed by atoms with E-state index in [2.05, 4.69) is 0 Å². The van der Waals surface area contributed by atoms with Gasteiger partial charge in [-0.25, -0.2) is 0 Å². The monoisotopic (exact) mass is 303 g/mol. The first-order chi connectivity index (χ1) is 9.08. The van der Waals surface area contributed by atoms with Crippen LogP contribution in [0, 0.1) is 0 Å². The van der Waals surface area contributed by atoms with Gasteiger partial charge in [-0.2, -0.15) is 0 Å². The summed E-state index contributed by atoms with van der Waals surface area (Å²) in [6, 6.07) is 5.03. The number of piperidine rings is 1. The van der Waals surface area contributed by atoms with Gasteiger partial charge in [-0.3, -0.25) is 4.79 Å². The Kier molecular flexibility index (Phi) is 4.91. The van der Waals surface area contributed by atoms with Crippen LogP contribution in [0.5, 0.6) is 5.75 Å². The maximum absolute atomic E-state index is 11.9. The second-order valence-corrected chi connectivity index (χ2v) is 5.27. The number of benzene rings is 1. The highest BCUT2D eigenvalue weighted by molar-refractivity contribution is 6.37. The van der Waals surface area contributed by atoms with Crippen molar-refractivity contribution in [2.45, 2.75) is 18.9 Å². The Balaban J connectivity index is 1.90. The van der Waals surface area contributed by atoms with Crippen LogP contribution in [0.4, 0.5) is 0 Å². The Hall–Kier alpha value is -0.970. The number of hydrogen-bond donors (Lipinski definition) is 1. The molecule has 104 valence electrons. The van der Waals surface area contributed by atoms with E-state index in [1.54, 1.807) is 23.1 Å². The Labute approximate surface area is 121 Å². The van der Waals surface area contributed by atoms with Crippen LogP contribution >= 0.6 is 23.2 Å². The van der Waals surface area contributed by atoms with E-state index in [0.717, 1.165) is 0 Å². The van der Waals surface area contributed by atoms with Crippen LogP contribution in [0.1, 0.15) is 12.8 Å². The number of hydrogen-bond acceptors (Lipinski definition) is 3. The van der Waals surface area contributed by atoms with E-state index in [0.29, 0.717) is 41.7 Å². The molecule has 1 heterocycles. The first kappa shape index (κ1) is 14.4. The van der Waals surface area contributed by atoms with Crippen LogP contribution in [0.2, 0.25) is 10.0 Å². The van der Waals surface area contributed by atoms with Gasteiger partial charge in [-0.1, -0.05) is 29.3 Å². The predicted octanol–water partition coefficient (Wildman–Crippen LogP) is 2.36. The van der Waals surface area contributed by atoms with Gasteiger partial charge in [0.1, 0.15) is 0 Å². The number of aliphatic hydroxyl groups excluding tert-OH is 1. The Morgan fingerprint density at radius 2 is 1.89 bits per heavy atom. The summed E-state index contributed by atoms with van der Waals surface area (Å²) in [7, 11) is 0. The minimum absolute atomic E-state index is 0.0977. The minimum Gasteiger partial charge on any atom is -0.481 e. The molecule has 0 aliphatic carbocycles. The molecule has 0 spiro atoms. The Morgan fingerprint density at radius 1 is 1.32 bits per heavy atom. The number of aliphatic hydroxyl groups is 1. The molecule has 0 radical (unpaired) electrons. The molecular weight excluding hydrogens is 289 g/mol. The second kappa shape index (κ2) is 6.46. The number of carbonyl (C=O) groups excluding carboxylic acids is 1. The molecule has 1 aromatic carbocycles. The molecular formula is C13H15Cl2NO3. The van der Waals surface area contributed by atoms with Gasteiger partial charge in [-0.05, 0) is 25.0 Å². The molecule has 1 fully saturated rings. The topological polar surface area (TPSA) is 49.8 Å². The number of carbonyl (C=O) groups is 1. The van der Waals surface area contributed by atoms with Crippen LogP contribution in [0.15, 0.2) is 18.2 Å². The van der Waals surface area contributed by atoms with Gasteiger partial charge in [0.15, 0.2) is 12.4 Å². The summed E-state index contributed by atoms with van der Waals surface area (Å²) in [6.07, 6.45) is 0.917. The fraction of sp³-hybridized carbons (Fsp3) is 0.462. The van der Waals surface area contributed by atoms with Crippen LogP contribution in [-0.2, 0) is 4.79 Å². The van der Waals surface area contributed by atoms with Crippen molar-refractivity contribution in [2.24, 2.45) is 0 Å². The molecule has 6 heteroatoms. The zero-order valence-corrected chi connectivity index (χ0v) is 11.8. The van der Waals surface area contributed by atoms with Crippen LogP contribution in [0.25, 0.3) is 0 Å². The van der Waals surface area contributed by atoms with Gasteiger partial charge < -0.3 is 14.7 Å². The van der Waals surface area contributed by atoms with Gasteiger partial charge in [0.25, 0.3) is 5.91 Å². The maximum atomic E-state index is 11.9. The van der Waals surface area contributed by atoms with Crippen molar-refractivity contribution in [3.05, 3.63) is 28.2 Å². The molecule has 0 saturated carbocycles. The summed E-state index contributed by atoms with van der Waals surface area (Å²) in [5, 5.41) is 10.2. The van der Waals surface area contributed by atoms with Crippen molar-refractivity contribution >= 4 is 29.1 Å². The average molecular weight is 304 g/mol. The quantitative estimate of drug-likeness (QED) is 0.932. The molecule has 4 nitrogen and oxygen atoms in total. The molecule has 1 saturated heterocycles. The molecule has 1 aliphatic rings. The molecule has 2 rings (SSSR count). The molecule has 0 unspecified atom stereocenters. The largest absolute Gasteiger partial charge is 0.481 e. The molecule has 1 aliphatic heterocycles. The molecule has 19 heavy (non-hydrogen) atoms. The normalized spacial score (nSPS) is 16.5. The highest BCUT2D eigenvalue weighted by Crippen LogP contribution is 2.32. The lowest BCUT2D eigenvalue weighted by Crippen LogP contribution is -2.42. The standard InChI is InChI=1S/C13H15Cl2NO3/c14-10-2-1-3-11(15)13(10)19-8-12(18)16-6-4-9(17)5-7-16/h1-3,9,17H,4-8H2. The van der Waals surface area contributed by atoms with Crippen LogP contribution < -0.4 is 4.74 Å². The van der Waals surface area contributed by atoms with E-state index >= 15 is 0 Å². The van der Waals surface area contributed by atoms with Crippen LogP contribution in [0.3, 0.4) is 0 Å². The number of rotatable bonds is 3. The highest BCUT2D eigenvalue weighted by Gasteiger charge is 2.21. The third kappa shape index (κ3) is 3.75. The first-order valence-corrected chi connectivity index (χ1v) is 6.86. The third-order valence-electron chi connectivity index (χ3n) is 3.08. The summed E-state index contributed by atoms with van der Waals surface area (Å²) < 4.78 is 5.39. The number of likely N-dealkylation sites (tertiary alicyclic amines) is 1. The van der Waals surface area contributed by atoms with E-state index in [9.17, 15) is 9.90 Å². The van der Waals surface area contributed by atoms with Crippen molar-refractivity contribution in [1.29, 1.82) is 0 Å². The lowest BCUT2D eigenvalue weighted by molar-refractivity contribution is -0.135. The van der Waals surface area contributed by atoms with Gasteiger partial charge in [0.05, 0.1) is 16.1 Å². The molecule has 1 N–H and O–H groups in total. The van der Waals surface area contributed by atoms with Crippen molar-refractivity contribution in [2.75, 3.05) is 19.7 Å². The SMILES string of the molecule is O=C(COc1c(Cl)cccc1Cl)N1CCC(O)CC1. The van der Waals surface area contributed by atoms with Crippen molar-refractivity contribution < 1.29 is 14.6 Å². The Bertz CT molecular complexity index is 439. The van der Waals surface area contributed by atoms with E-state index in [1.807, 2.05) is 0 Å². The molecule has 0 atom stereocenters. The van der Waals surface area contributed by atoms with E-state index < -0.39 is 0 Å². The van der Waals surface area contributed by atoms with Gasteiger partial charge >= 0.3 is 0 Å². The second-order valence-electron chi connectivity index (χ2n) is 4.45. The zero-order chi connectivity index (χ0) is 13.8. The average Bonchev–Trinajstić information content (AvgIpc) is 2.38. The number of ether oxygens (including phenoxy) is 1. The molecule has 1 aromatic rings. The maximum Gasteiger partial charge on any atom is 0.260 e. The molecule has 0 bridgehead atoms. The summed E-state index contributed by atoms with van der Waals surface area (Å²) in [6.45, 7) is 1.01. The van der Waals surface area contributed by atoms with E-state index in [1.165, 1.54) is 0 Å². The van der Waals surface area contributed by atoms with Crippen molar-refractivity contribution in [3.8, 4) is 5.75 Å². The summed E-state index contributed by atoms with van der Waals surface area (Å²) in [5.41, 5.74) is 0. The van der Waals surface area contributed by atoms with Crippen molar-refractivity contribution in [1.82, 2.24) is 4.90 Å². The first-order valence-electron chi connectivity index (χ1n) is 6.10. The fourth-order valence-corrected chi connectivity index (χ4v) is 2.47. The van der Waals surface area contributed by atoms with Crippen molar-refractivity contribution in [3.63, 3.8) is 0 Å². The third-order valence-corrected chi connectivity index (χ3v) is 3.67. The molecule has 0 aromatic heterocycles. The van der Waals surface area contributed by atoms with Gasteiger partial charge in [0, 0.05) is 13.1 Å². The van der Waals surface area contributed by atoms with E-state index in [-0.39, 0.29) is 18.6 Å². The lowest BCUT2D eigenvalue weighted by atomic mass is 10.1. The predicted molar refractivity (Wildman–Crippen MR) is 73.8 cm³/mol. The highest BCUT2D eigenvalue weighted by atomic mass is 35.5. The molecule has 1 amide bonds.